The summed E-state index contributed by atoms with van der Waals surface area (Å²) in [5.41, 5.74) is 0.262. The summed E-state index contributed by atoms with van der Waals surface area (Å²) in [5, 5.41) is 11.9. The van der Waals surface area contributed by atoms with Crippen LogP contribution < -0.4 is 5.32 Å². The lowest BCUT2D eigenvalue weighted by atomic mass is 9.90. The molecule has 0 unspecified atom stereocenters. The third-order valence-corrected chi connectivity index (χ3v) is 8.13. The molecule has 0 spiro atoms. The van der Waals surface area contributed by atoms with E-state index in [4.69, 9.17) is 0 Å². The van der Waals surface area contributed by atoms with E-state index < -0.39 is 23.6 Å². The van der Waals surface area contributed by atoms with Crippen molar-refractivity contribution in [2.75, 3.05) is 57.7 Å². The van der Waals surface area contributed by atoms with E-state index in [1.807, 2.05) is 18.2 Å². The molecule has 1 heterocycles. The Balaban J connectivity index is 1.40. The average Bonchev–Trinajstić information content (AvgIpc) is 3.72. The molecule has 2 aliphatic rings. The molecule has 10 heteroatoms. The predicted molar refractivity (Wildman–Crippen MR) is 151 cm³/mol. The number of rotatable bonds is 11. The highest BCUT2D eigenvalue weighted by Gasteiger charge is 2.43. The van der Waals surface area contributed by atoms with Gasteiger partial charge in [0.2, 0.25) is 0 Å². The second-order valence-corrected chi connectivity index (χ2v) is 11.7. The van der Waals surface area contributed by atoms with Gasteiger partial charge in [-0.05, 0) is 72.9 Å². The van der Waals surface area contributed by atoms with Crippen LogP contribution >= 0.6 is 0 Å². The summed E-state index contributed by atoms with van der Waals surface area (Å²) < 4.78 is 53.5. The Bertz CT molecular complexity index is 1230. The van der Waals surface area contributed by atoms with Gasteiger partial charge in [0, 0.05) is 58.0 Å². The summed E-state index contributed by atoms with van der Waals surface area (Å²) in [4.78, 5) is 19.7. The molecule has 1 aliphatic heterocycles. The molecular weight excluding hydrogens is 534 g/mol. The lowest BCUT2D eigenvalue weighted by molar-refractivity contribution is -0.139. The van der Waals surface area contributed by atoms with Gasteiger partial charge in [0.1, 0.15) is 5.82 Å². The molecule has 222 valence electrons. The predicted octanol–water partition coefficient (Wildman–Crippen LogP) is 6.34. The van der Waals surface area contributed by atoms with Crippen LogP contribution in [0.15, 0.2) is 42.5 Å². The van der Waals surface area contributed by atoms with Gasteiger partial charge in [-0.1, -0.05) is 26.0 Å². The van der Waals surface area contributed by atoms with Gasteiger partial charge in [-0.3, -0.25) is 4.90 Å². The van der Waals surface area contributed by atoms with Crippen LogP contribution in [0.25, 0.3) is 0 Å². The lowest BCUT2D eigenvalue weighted by Crippen LogP contribution is -2.50. The fourth-order valence-corrected chi connectivity index (χ4v) is 5.67. The van der Waals surface area contributed by atoms with Crippen LogP contribution in [0.2, 0.25) is 0 Å². The number of hydrogen-bond acceptors (Lipinski definition) is 4. The molecule has 2 aromatic carbocycles. The molecule has 0 aromatic heterocycles. The number of hydrogen-bond donors (Lipinski definition) is 1. The molecule has 0 atom stereocenters. The maximum absolute atomic E-state index is 13.8. The lowest BCUT2D eigenvalue weighted by Gasteiger charge is -2.36. The Morgan fingerprint density at radius 2 is 1.78 bits per heavy atom. The Hall–Kier alpha value is -3.16. The number of nitrogens with one attached hydrogen (secondary N) is 1. The van der Waals surface area contributed by atoms with E-state index >= 15 is 0 Å². The molecule has 2 aromatic rings. The minimum absolute atomic E-state index is 0.000314. The summed E-state index contributed by atoms with van der Waals surface area (Å²) in [7, 11) is 0. The Morgan fingerprint density at radius 1 is 1.07 bits per heavy atom. The van der Waals surface area contributed by atoms with E-state index in [0.29, 0.717) is 43.6 Å². The van der Waals surface area contributed by atoms with Crippen LogP contribution in [0, 0.1) is 23.1 Å². The third-order valence-electron chi connectivity index (χ3n) is 8.13. The number of halogens is 4. The third kappa shape index (κ3) is 8.43. The van der Waals surface area contributed by atoms with Crippen LogP contribution in [0.1, 0.15) is 56.2 Å². The molecule has 1 N–H and O–H groups in total. The first kappa shape index (κ1) is 30.8. The number of carbonyl (C=O) groups excluding carboxylic acids is 1. The van der Waals surface area contributed by atoms with Crippen LogP contribution in [-0.4, -0.2) is 73.1 Å². The Labute approximate surface area is 239 Å². The summed E-state index contributed by atoms with van der Waals surface area (Å²) in [6.45, 7) is 10.7. The number of carbonyl (C=O) groups is 1. The number of alkyl halides is 3. The SMILES string of the molecule is CC(C)CN1CCN(CCN(CCCC2(c3cccc(C#N)c3)CC2)C(=O)Nc2ccc(F)c(C(F)(F)F)c2)CC1. The van der Waals surface area contributed by atoms with E-state index in [9.17, 15) is 27.6 Å². The minimum Gasteiger partial charge on any atom is -0.323 e. The van der Waals surface area contributed by atoms with Gasteiger partial charge < -0.3 is 15.1 Å². The fourth-order valence-electron chi connectivity index (χ4n) is 5.67. The van der Waals surface area contributed by atoms with E-state index in [-0.39, 0.29) is 11.1 Å². The molecule has 41 heavy (non-hydrogen) atoms. The summed E-state index contributed by atoms with van der Waals surface area (Å²) in [5.74, 6) is -0.777. The number of anilines is 1. The number of amides is 2. The smallest absolute Gasteiger partial charge is 0.323 e. The topological polar surface area (TPSA) is 62.6 Å². The normalized spacial score (nSPS) is 17.3. The molecule has 2 amide bonds. The van der Waals surface area contributed by atoms with Crippen LogP contribution in [-0.2, 0) is 11.6 Å². The zero-order valence-electron chi connectivity index (χ0n) is 23.8. The molecule has 6 nitrogen and oxygen atoms in total. The standard InChI is InChI=1S/C31H39F4N5O/c1-23(2)22-39-15-13-38(14-16-39)17-18-40(29(41)37-26-7-8-28(32)27(20-26)31(33,34)35)12-4-9-30(10-11-30)25-6-3-5-24(19-25)21-36/h3,5-8,19-20,23H,4,9-18,22H2,1-2H3,(H,37,41). The van der Waals surface area contributed by atoms with Crippen molar-refractivity contribution in [3.05, 3.63) is 65.0 Å². The van der Waals surface area contributed by atoms with E-state index in [1.54, 1.807) is 11.0 Å². The maximum atomic E-state index is 13.8. The second kappa shape index (κ2) is 13.2. The molecule has 4 rings (SSSR count). The highest BCUT2D eigenvalue weighted by Crippen LogP contribution is 2.51. The van der Waals surface area contributed by atoms with Gasteiger partial charge in [0.15, 0.2) is 0 Å². The van der Waals surface area contributed by atoms with Gasteiger partial charge in [0.05, 0.1) is 17.2 Å². The first-order chi connectivity index (χ1) is 19.5. The molecule has 0 bridgehead atoms. The van der Waals surface area contributed by atoms with Crippen molar-refractivity contribution in [1.29, 1.82) is 5.26 Å². The van der Waals surface area contributed by atoms with Crippen LogP contribution in [0.3, 0.4) is 0 Å². The summed E-state index contributed by atoms with van der Waals surface area (Å²) >= 11 is 0. The fraction of sp³-hybridized carbons (Fsp3) is 0.548. The van der Waals surface area contributed by atoms with Crippen molar-refractivity contribution in [1.82, 2.24) is 14.7 Å². The van der Waals surface area contributed by atoms with Crippen molar-refractivity contribution in [3.63, 3.8) is 0 Å². The number of piperazine rings is 1. The molecule has 1 saturated heterocycles. The van der Waals surface area contributed by atoms with Crippen molar-refractivity contribution in [2.45, 2.75) is 51.1 Å². The van der Waals surface area contributed by atoms with Gasteiger partial charge in [0.25, 0.3) is 0 Å². The van der Waals surface area contributed by atoms with Crippen molar-refractivity contribution in [3.8, 4) is 6.07 Å². The van der Waals surface area contributed by atoms with Crippen LogP contribution in [0.4, 0.5) is 28.0 Å². The number of nitriles is 1. The number of benzene rings is 2. The van der Waals surface area contributed by atoms with Crippen molar-refractivity contribution in [2.24, 2.45) is 5.92 Å². The molecule has 2 fully saturated rings. The number of urea groups is 1. The molecular formula is C31H39F4N5O. The first-order valence-electron chi connectivity index (χ1n) is 14.4. The minimum atomic E-state index is -4.86. The molecule has 1 saturated carbocycles. The largest absolute Gasteiger partial charge is 0.419 e. The van der Waals surface area contributed by atoms with Crippen molar-refractivity contribution >= 4 is 11.7 Å². The number of nitrogens with zero attached hydrogens (tertiary/aromatic N) is 4. The van der Waals surface area contributed by atoms with Gasteiger partial charge >= 0.3 is 12.2 Å². The second-order valence-electron chi connectivity index (χ2n) is 11.7. The van der Waals surface area contributed by atoms with E-state index in [2.05, 4.69) is 35.0 Å². The zero-order valence-corrected chi connectivity index (χ0v) is 23.8. The highest BCUT2D eigenvalue weighted by molar-refractivity contribution is 5.89. The van der Waals surface area contributed by atoms with Crippen molar-refractivity contribution < 1.29 is 22.4 Å². The average molecular weight is 574 g/mol. The quantitative estimate of drug-likeness (QED) is 0.319. The summed E-state index contributed by atoms with van der Waals surface area (Å²) in [6.07, 6.45) is -1.27. The first-order valence-corrected chi connectivity index (χ1v) is 14.4. The Morgan fingerprint density at radius 3 is 2.41 bits per heavy atom. The van der Waals surface area contributed by atoms with Gasteiger partial charge in [-0.2, -0.15) is 18.4 Å². The monoisotopic (exact) mass is 573 g/mol. The maximum Gasteiger partial charge on any atom is 0.419 e. The van der Waals surface area contributed by atoms with Gasteiger partial charge in [-0.25, -0.2) is 9.18 Å². The Kier molecular flexibility index (Phi) is 9.92. The van der Waals surface area contributed by atoms with Crippen LogP contribution in [0.5, 0.6) is 0 Å². The van der Waals surface area contributed by atoms with E-state index in [1.165, 1.54) is 0 Å². The molecule has 1 aliphatic carbocycles. The summed E-state index contributed by atoms with van der Waals surface area (Å²) in [6, 6.07) is 11.9. The van der Waals surface area contributed by atoms with E-state index in [0.717, 1.165) is 69.7 Å². The highest BCUT2D eigenvalue weighted by atomic mass is 19.4. The molecule has 0 radical (unpaired) electrons. The van der Waals surface area contributed by atoms with Gasteiger partial charge in [-0.15, -0.1) is 0 Å². The zero-order chi connectivity index (χ0) is 29.6.